The second kappa shape index (κ2) is 12.0. The van der Waals surface area contributed by atoms with Gasteiger partial charge in [0.15, 0.2) is 0 Å². The summed E-state index contributed by atoms with van der Waals surface area (Å²) in [5.41, 5.74) is 2.85. The molecule has 1 aliphatic heterocycles. The maximum atomic E-state index is 13.4. The van der Waals surface area contributed by atoms with Gasteiger partial charge in [0.1, 0.15) is 6.04 Å². The average Bonchev–Trinajstić information content (AvgIpc) is 3.33. The molecule has 1 atom stereocenters. The predicted octanol–water partition coefficient (Wildman–Crippen LogP) is 4.61. The summed E-state index contributed by atoms with van der Waals surface area (Å²) in [6.07, 6.45) is 7.81. The lowest BCUT2D eigenvalue weighted by molar-refractivity contribution is -0.122. The zero-order valence-corrected chi connectivity index (χ0v) is 21.1. The molecule has 0 bridgehead atoms. The van der Waals surface area contributed by atoms with Crippen molar-refractivity contribution in [2.24, 2.45) is 5.92 Å². The van der Waals surface area contributed by atoms with Gasteiger partial charge in [-0.1, -0.05) is 69.1 Å². The topological polar surface area (TPSA) is 79.5 Å². The molecule has 7 nitrogen and oxygen atoms in total. The molecule has 0 saturated heterocycles. The Hall–Kier alpha value is -2.19. The van der Waals surface area contributed by atoms with Crippen LogP contribution >= 0.6 is 11.8 Å². The number of ketones is 1. The number of rotatable bonds is 11. The molecule has 34 heavy (non-hydrogen) atoms. The highest BCUT2D eigenvalue weighted by Crippen LogP contribution is 2.27. The van der Waals surface area contributed by atoms with Crippen molar-refractivity contribution in [1.29, 1.82) is 0 Å². The minimum atomic E-state index is -0.549. The van der Waals surface area contributed by atoms with Crippen molar-refractivity contribution in [1.82, 2.24) is 20.0 Å². The molecule has 2 heterocycles. The summed E-state index contributed by atoms with van der Waals surface area (Å²) in [6, 6.07) is 8.19. The van der Waals surface area contributed by atoms with Gasteiger partial charge in [-0.3, -0.25) is 14.5 Å². The number of thioether (sulfide) groups is 1. The zero-order chi connectivity index (χ0) is 23.9. The second-order valence-corrected chi connectivity index (χ2v) is 10.9. The lowest BCUT2D eigenvalue weighted by Crippen LogP contribution is -2.48. The number of aromatic nitrogens is 2. The molecule has 0 radical (unpaired) electrons. The second-order valence-electron chi connectivity index (χ2n) is 9.87. The summed E-state index contributed by atoms with van der Waals surface area (Å²) in [5.74, 6) is 0.864. The van der Waals surface area contributed by atoms with Crippen LogP contribution < -0.4 is 0 Å². The molecule has 1 aromatic carbocycles. The Balaban J connectivity index is 1.34. The summed E-state index contributed by atoms with van der Waals surface area (Å²) in [5, 5.41) is 8.59. The molecule has 0 N–H and O–H groups in total. The molecule has 1 aromatic heterocycles. The molecule has 1 fully saturated rings. The van der Waals surface area contributed by atoms with Gasteiger partial charge in [-0.2, -0.15) is 0 Å². The van der Waals surface area contributed by atoms with E-state index in [0.717, 1.165) is 63.9 Å². The lowest BCUT2D eigenvalue weighted by atomic mass is 9.91. The highest BCUT2D eigenvalue weighted by atomic mass is 32.2. The van der Waals surface area contributed by atoms with Crippen molar-refractivity contribution in [2.45, 2.75) is 82.6 Å². The number of nitrogens with zero attached hydrogens (tertiary/aromatic N) is 4. The summed E-state index contributed by atoms with van der Waals surface area (Å²) in [6.45, 7) is 7.06. The first-order valence-electron chi connectivity index (χ1n) is 12.6. The number of amides is 1. The Morgan fingerprint density at radius 3 is 2.71 bits per heavy atom. The standard InChI is InChI=1S/C26H36N4O3S/c1-19(2)16-23(30(18-31)22-10-4-3-5-11-22)24(32)25-27-28-26(33-25)34-15-14-29-13-12-20-8-6-7-9-21(20)17-29/h6-9,18-19,22-23H,3-5,10-17H2,1-2H3. The van der Waals surface area contributed by atoms with Gasteiger partial charge < -0.3 is 9.32 Å². The number of fused-ring (bicyclic) bond motifs is 1. The summed E-state index contributed by atoms with van der Waals surface area (Å²) in [7, 11) is 0. The quantitative estimate of drug-likeness (QED) is 0.262. The van der Waals surface area contributed by atoms with Crippen LogP contribution in [0, 0.1) is 5.92 Å². The maximum absolute atomic E-state index is 13.4. The molecule has 1 amide bonds. The van der Waals surface area contributed by atoms with E-state index in [1.165, 1.54) is 29.3 Å². The van der Waals surface area contributed by atoms with Gasteiger partial charge in [0, 0.05) is 31.4 Å². The molecule has 0 spiro atoms. The Morgan fingerprint density at radius 2 is 1.97 bits per heavy atom. The fourth-order valence-electron chi connectivity index (χ4n) is 5.12. The SMILES string of the molecule is CC(C)CC(C(=O)c1nnc(SCCN2CCc3ccccc3C2)o1)N(C=O)C1CCCCC1. The molecule has 2 aliphatic rings. The fourth-order valence-corrected chi connectivity index (χ4v) is 5.88. The Kier molecular flexibility index (Phi) is 8.78. The minimum absolute atomic E-state index is 0.0164. The summed E-state index contributed by atoms with van der Waals surface area (Å²) >= 11 is 1.48. The molecule has 1 aliphatic carbocycles. The van der Waals surface area contributed by atoms with Gasteiger partial charge in [-0.15, -0.1) is 10.2 Å². The first-order chi connectivity index (χ1) is 16.5. The minimum Gasteiger partial charge on any atom is -0.408 e. The van der Waals surface area contributed by atoms with E-state index in [1.54, 1.807) is 4.90 Å². The molecule has 1 unspecified atom stereocenters. The Bertz CT molecular complexity index is 957. The third-order valence-corrected chi connectivity index (χ3v) is 7.73. The van der Waals surface area contributed by atoms with E-state index in [0.29, 0.717) is 11.6 Å². The highest BCUT2D eigenvalue weighted by molar-refractivity contribution is 7.99. The van der Waals surface area contributed by atoms with Crippen LogP contribution in [0.4, 0.5) is 0 Å². The van der Waals surface area contributed by atoms with Gasteiger partial charge in [0.25, 0.3) is 11.1 Å². The number of carbonyl (C=O) groups is 2. The van der Waals surface area contributed by atoms with Crippen LogP contribution in [0.25, 0.3) is 0 Å². The molecule has 1 saturated carbocycles. The van der Waals surface area contributed by atoms with Crippen molar-refractivity contribution in [2.75, 3.05) is 18.8 Å². The average molecular weight is 485 g/mol. The van der Waals surface area contributed by atoms with Gasteiger partial charge >= 0.3 is 0 Å². The third kappa shape index (κ3) is 6.27. The smallest absolute Gasteiger partial charge is 0.286 e. The van der Waals surface area contributed by atoms with E-state index in [9.17, 15) is 9.59 Å². The van der Waals surface area contributed by atoms with Crippen LogP contribution in [0.3, 0.4) is 0 Å². The van der Waals surface area contributed by atoms with E-state index in [4.69, 9.17) is 4.42 Å². The number of Topliss-reactive ketones (excluding diaryl/α,β-unsaturated/α-hetero) is 1. The Morgan fingerprint density at radius 1 is 1.21 bits per heavy atom. The van der Waals surface area contributed by atoms with E-state index in [-0.39, 0.29) is 23.6 Å². The van der Waals surface area contributed by atoms with Crippen LogP contribution in [-0.4, -0.2) is 63.1 Å². The van der Waals surface area contributed by atoms with E-state index in [1.807, 2.05) is 0 Å². The normalized spacial score (nSPS) is 18.0. The summed E-state index contributed by atoms with van der Waals surface area (Å²) < 4.78 is 5.77. The maximum Gasteiger partial charge on any atom is 0.286 e. The molecule has 184 valence electrons. The highest BCUT2D eigenvalue weighted by Gasteiger charge is 2.35. The van der Waals surface area contributed by atoms with Crippen LogP contribution in [-0.2, 0) is 17.8 Å². The Labute approximate surface area is 206 Å². The zero-order valence-electron chi connectivity index (χ0n) is 20.3. The number of hydrogen-bond acceptors (Lipinski definition) is 7. The van der Waals surface area contributed by atoms with Gasteiger partial charge in [-0.25, -0.2) is 0 Å². The first-order valence-corrected chi connectivity index (χ1v) is 13.6. The van der Waals surface area contributed by atoms with Crippen LogP contribution in [0.2, 0.25) is 0 Å². The summed E-state index contributed by atoms with van der Waals surface area (Å²) in [4.78, 5) is 29.6. The van der Waals surface area contributed by atoms with Crippen molar-refractivity contribution in [3.05, 3.63) is 41.3 Å². The van der Waals surface area contributed by atoms with Crippen LogP contribution in [0.15, 0.2) is 33.9 Å². The molecular weight excluding hydrogens is 448 g/mol. The third-order valence-electron chi connectivity index (χ3n) is 6.94. The van der Waals surface area contributed by atoms with E-state index in [2.05, 4.69) is 53.2 Å². The van der Waals surface area contributed by atoms with Gasteiger partial charge in [-0.05, 0) is 42.7 Å². The lowest BCUT2D eigenvalue weighted by Gasteiger charge is -2.36. The van der Waals surface area contributed by atoms with Crippen molar-refractivity contribution in [3.63, 3.8) is 0 Å². The van der Waals surface area contributed by atoms with Crippen LogP contribution in [0.5, 0.6) is 0 Å². The number of benzene rings is 1. The van der Waals surface area contributed by atoms with Crippen molar-refractivity contribution >= 4 is 24.0 Å². The molecule has 8 heteroatoms. The predicted molar refractivity (Wildman–Crippen MR) is 133 cm³/mol. The molecule has 4 rings (SSSR count). The molecular formula is C26H36N4O3S. The van der Waals surface area contributed by atoms with Gasteiger partial charge in [0.2, 0.25) is 12.2 Å². The van der Waals surface area contributed by atoms with Crippen molar-refractivity contribution < 1.29 is 14.0 Å². The first kappa shape index (κ1) is 24.9. The monoisotopic (exact) mass is 484 g/mol. The van der Waals surface area contributed by atoms with E-state index < -0.39 is 6.04 Å². The fraction of sp³-hybridized carbons (Fsp3) is 0.615. The largest absolute Gasteiger partial charge is 0.408 e. The van der Waals surface area contributed by atoms with Crippen molar-refractivity contribution in [3.8, 4) is 0 Å². The van der Waals surface area contributed by atoms with Gasteiger partial charge in [0.05, 0.1) is 0 Å². The van der Waals surface area contributed by atoms with Crippen LogP contribution in [0.1, 0.15) is 74.2 Å². The number of hydrogen-bond donors (Lipinski definition) is 0. The number of carbonyl (C=O) groups excluding carboxylic acids is 2. The molecule has 2 aromatic rings. The van der Waals surface area contributed by atoms with E-state index >= 15 is 0 Å².